The van der Waals surface area contributed by atoms with Crippen molar-refractivity contribution in [2.45, 2.75) is 26.3 Å². The van der Waals surface area contributed by atoms with Crippen molar-refractivity contribution in [3.05, 3.63) is 76.4 Å². The van der Waals surface area contributed by atoms with Crippen LogP contribution in [0.1, 0.15) is 26.5 Å². The molecule has 0 aliphatic heterocycles. The predicted octanol–water partition coefficient (Wildman–Crippen LogP) is 4.33. The molecule has 4 rings (SSSR count). The van der Waals surface area contributed by atoms with Crippen molar-refractivity contribution in [2.75, 3.05) is 0 Å². The number of benzene rings is 2. The van der Waals surface area contributed by atoms with Gasteiger partial charge in [-0.2, -0.15) is 0 Å². The van der Waals surface area contributed by atoms with Gasteiger partial charge in [-0.15, -0.1) is 11.3 Å². The summed E-state index contributed by atoms with van der Waals surface area (Å²) in [5.74, 6) is -1.50. The van der Waals surface area contributed by atoms with E-state index in [1.807, 2.05) is 55.5 Å². The zero-order chi connectivity index (χ0) is 21.3. The Labute approximate surface area is 177 Å². The van der Waals surface area contributed by atoms with E-state index < -0.39 is 17.9 Å². The third kappa shape index (κ3) is 3.97. The molecule has 152 valence electrons. The summed E-state index contributed by atoms with van der Waals surface area (Å²) in [6.07, 6.45) is 1.98. The number of nitrogens with one attached hydrogen (secondary N) is 2. The Bertz CT molecular complexity index is 1220. The molecule has 0 aliphatic rings. The molecule has 0 radical (unpaired) electrons. The van der Waals surface area contributed by atoms with Gasteiger partial charge < -0.3 is 15.4 Å². The van der Waals surface area contributed by atoms with Gasteiger partial charge >= 0.3 is 5.97 Å². The maximum atomic E-state index is 12.9. The van der Waals surface area contributed by atoms with Gasteiger partial charge in [0.25, 0.3) is 5.91 Å². The van der Waals surface area contributed by atoms with Crippen LogP contribution in [0.15, 0.2) is 54.7 Å². The van der Waals surface area contributed by atoms with Crippen molar-refractivity contribution >= 4 is 34.1 Å². The summed E-state index contributed by atoms with van der Waals surface area (Å²) in [4.78, 5) is 32.8. The van der Waals surface area contributed by atoms with E-state index in [1.54, 1.807) is 13.1 Å². The highest BCUT2D eigenvalue weighted by molar-refractivity contribution is 7.17. The van der Waals surface area contributed by atoms with Gasteiger partial charge in [0, 0.05) is 29.1 Å². The van der Waals surface area contributed by atoms with Crippen molar-refractivity contribution < 1.29 is 14.7 Å². The number of aryl methyl sites for hydroxylation is 2. The number of para-hydroxylation sites is 1. The second kappa shape index (κ2) is 8.12. The summed E-state index contributed by atoms with van der Waals surface area (Å²) >= 11 is 1.27. The number of aromatic nitrogens is 2. The highest BCUT2D eigenvalue weighted by Crippen LogP contribution is 2.28. The largest absolute Gasteiger partial charge is 0.480 e. The number of amides is 1. The van der Waals surface area contributed by atoms with Crippen LogP contribution in [0.3, 0.4) is 0 Å². The first kappa shape index (κ1) is 19.8. The third-order valence-electron chi connectivity index (χ3n) is 5.00. The first-order chi connectivity index (χ1) is 14.4. The highest BCUT2D eigenvalue weighted by Gasteiger charge is 2.25. The normalized spacial score (nSPS) is 12.1. The minimum absolute atomic E-state index is 0.188. The molecule has 1 atom stereocenters. The van der Waals surface area contributed by atoms with Gasteiger partial charge in [-0.3, -0.25) is 4.79 Å². The molecule has 1 amide bonds. The van der Waals surface area contributed by atoms with Gasteiger partial charge in [-0.1, -0.05) is 48.0 Å². The van der Waals surface area contributed by atoms with Crippen LogP contribution in [0, 0.1) is 13.8 Å². The monoisotopic (exact) mass is 419 g/mol. The number of carboxylic acids is 1. The Kier molecular flexibility index (Phi) is 5.37. The quantitative estimate of drug-likeness (QED) is 0.433. The molecule has 0 unspecified atom stereocenters. The Balaban J connectivity index is 1.55. The summed E-state index contributed by atoms with van der Waals surface area (Å²) in [6, 6.07) is 14.6. The number of aliphatic carboxylic acids is 1. The van der Waals surface area contributed by atoms with E-state index in [2.05, 4.69) is 15.3 Å². The van der Waals surface area contributed by atoms with E-state index in [0.29, 0.717) is 10.6 Å². The first-order valence-electron chi connectivity index (χ1n) is 9.55. The Morgan fingerprint density at radius 2 is 1.87 bits per heavy atom. The molecule has 30 heavy (non-hydrogen) atoms. The number of carbonyl (C=O) groups excluding carboxylic acids is 1. The smallest absolute Gasteiger partial charge is 0.326 e. The van der Waals surface area contributed by atoms with Crippen LogP contribution in [0.5, 0.6) is 0 Å². The molecule has 0 saturated carbocycles. The maximum Gasteiger partial charge on any atom is 0.326 e. The summed E-state index contributed by atoms with van der Waals surface area (Å²) in [6.45, 7) is 3.77. The number of rotatable bonds is 6. The molecule has 4 aromatic rings. The fourth-order valence-electron chi connectivity index (χ4n) is 3.37. The van der Waals surface area contributed by atoms with Crippen LogP contribution in [-0.2, 0) is 11.2 Å². The Morgan fingerprint density at radius 1 is 1.13 bits per heavy atom. The lowest BCUT2D eigenvalue weighted by Crippen LogP contribution is -2.42. The van der Waals surface area contributed by atoms with Gasteiger partial charge in [0.05, 0.1) is 5.69 Å². The molecule has 0 aliphatic carbocycles. The summed E-state index contributed by atoms with van der Waals surface area (Å²) < 4.78 is 0. The number of aromatic amines is 1. The Morgan fingerprint density at radius 3 is 2.60 bits per heavy atom. The average molecular weight is 420 g/mol. The molecular formula is C23H21N3O3S. The molecule has 7 heteroatoms. The topological polar surface area (TPSA) is 95.1 Å². The van der Waals surface area contributed by atoms with E-state index >= 15 is 0 Å². The second-order valence-electron chi connectivity index (χ2n) is 7.23. The number of H-pyrrole nitrogens is 1. The number of carbonyl (C=O) groups is 2. The summed E-state index contributed by atoms with van der Waals surface area (Å²) in [7, 11) is 0. The minimum atomic E-state index is -1.07. The number of thiazole rings is 1. The van der Waals surface area contributed by atoms with Gasteiger partial charge in [0.1, 0.15) is 15.9 Å². The minimum Gasteiger partial charge on any atom is -0.480 e. The van der Waals surface area contributed by atoms with E-state index in [1.165, 1.54) is 11.3 Å². The fourth-order valence-corrected chi connectivity index (χ4v) is 4.35. The molecule has 0 saturated heterocycles. The molecule has 2 aromatic heterocycles. The fraction of sp³-hybridized carbons (Fsp3) is 0.174. The molecular weight excluding hydrogens is 398 g/mol. The molecule has 6 nitrogen and oxygen atoms in total. The lowest BCUT2D eigenvalue weighted by Gasteiger charge is -2.13. The number of fused-ring (bicyclic) bond motifs is 1. The van der Waals surface area contributed by atoms with Gasteiger partial charge in [-0.05, 0) is 25.5 Å². The molecule has 0 fully saturated rings. The number of nitrogens with zero attached hydrogens (tertiary/aromatic N) is 1. The highest BCUT2D eigenvalue weighted by atomic mass is 32.1. The van der Waals surface area contributed by atoms with E-state index in [-0.39, 0.29) is 6.42 Å². The van der Waals surface area contributed by atoms with Gasteiger partial charge in [-0.25, -0.2) is 9.78 Å². The van der Waals surface area contributed by atoms with Crippen LogP contribution in [0.2, 0.25) is 0 Å². The van der Waals surface area contributed by atoms with Crippen molar-refractivity contribution in [1.82, 2.24) is 15.3 Å². The summed E-state index contributed by atoms with van der Waals surface area (Å²) in [5.41, 5.74) is 4.45. The van der Waals surface area contributed by atoms with Crippen LogP contribution >= 0.6 is 11.3 Å². The SMILES string of the molecule is Cc1ccc(-c2nc(C)c(C(=O)N[C@H](Cc3c[nH]c4ccccc34)C(=O)O)s2)cc1. The Hall–Kier alpha value is -3.45. The van der Waals surface area contributed by atoms with Gasteiger partial charge in [0.2, 0.25) is 0 Å². The molecule has 2 aromatic carbocycles. The predicted molar refractivity (Wildman–Crippen MR) is 118 cm³/mol. The number of carboxylic acid groups (broad SMARTS) is 1. The van der Waals surface area contributed by atoms with Crippen LogP contribution < -0.4 is 5.32 Å². The third-order valence-corrected chi connectivity index (χ3v) is 6.21. The van der Waals surface area contributed by atoms with Crippen molar-refractivity contribution in [3.63, 3.8) is 0 Å². The standard InChI is InChI=1S/C23H21N3O3S/c1-13-7-9-15(10-8-13)22-25-14(2)20(30-22)21(27)26-19(23(28)29)11-16-12-24-18-6-4-3-5-17(16)18/h3-10,12,19,24H,11H2,1-2H3,(H,26,27)(H,28,29)/t19-/m1/s1. The number of hydrogen-bond acceptors (Lipinski definition) is 4. The van der Waals surface area contributed by atoms with Crippen LogP contribution in [0.4, 0.5) is 0 Å². The number of hydrogen-bond donors (Lipinski definition) is 3. The maximum absolute atomic E-state index is 12.9. The average Bonchev–Trinajstić information content (AvgIpc) is 3.32. The van der Waals surface area contributed by atoms with Crippen LogP contribution in [0.25, 0.3) is 21.5 Å². The first-order valence-corrected chi connectivity index (χ1v) is 10.4. The second-order valence-corrected chi connectivity index (χ2v) is 8.23. The van der Waals surface area contributed by atoms with E-state index in [0.717, 1.165) is 32.6 Å². The summed E-state index contributed by atoms with van der Waals surface area (Å²) in [5, 5.41) is 14.0. The van der Waals surface area contributed by atoms with Crippen molar-refractivity contribution in [2.24, 2.45) is 0 Å². The van der Waals surface area contributed by atoms with Crippen molar-refractivity contribution in [1.29, 1.82) is 0 Å². The lowest BCUT2D eigenvalue weighted by molar-refractivity contribution is -0.139. The molecule has 3 N–H and O–H groups in total. The van der Waals surface area contributed by atoms with E-state index in [4.69, 9.17) is 0 Å². The molecule has 2 heterocycles. The lowest BCUT2D eigenvalue weighted by atomic mass is 10.0. The van der Waals surface area contributed by atoms with Crippen LogP contribution in [-0.4, -0.2) is 33.0 Å². The van der Waals surface area contributed by atoms with Gasteiger partial charge in [0.15, 0.2) is 0 Å². The molecule has 0 bridgehead atoms. The zero-order valence-corrected chi connectivity index (χ0v) is 17.4. The van der Waals surface area contributed by atoms with E-state index in [9.17, 15) is 14.7 Å². The zero-order valence-electron chi connectivity index (χ0n) is 16.6. The molecule has 0 spiro atoms. The van der Waals surface area contributed by atoms with Crippen molar-refractivity contribution in [3.8, 4) is 10.6 Å².